The number of carbonyl (C=O) groups is 2. The number of carbonyl (C=O) groups excluding carboxylic acids is 2. The molecule has 2 aromatic heterocycles. The Morgan fingerprint density at radius 2 is 1.82 bits per heavy atom. The molecule has 3 fully saturated rings. The number of piperidine rings is 1. The Bertz CT molecular complexity index is 1220. The Morgan fingerprint density at radius 3 is 2.34 bits per heavy atom. The molecular weight excluding hydrogens is 488 g/mol. The molecule has 0 aromatic carbocycles. The number of nitrogens with two attached hydrogens (primary N) is 2. The first-order valence-corrected chi connectivity index (χ1v) is 12.6. The number of fused-ring (bicyclic) bond motifs is 2. The molecule has 5 heterocycles. The Labute approximate surface area is 222 Å². The average Bonchev–Trinajstić information content (AvgIpc) is 2.82. The maximum absolute atomic E-state index is 12.6. The summed E-state index contributed by atoms with van der Waals surface area (Å²) in [4.78, 5) is 37.6. The van der Waals surface area contributed by atoms with Gasteiger partial charge >= 0.3 is 6.09 Å². The van der Waals surface area contributed by atoms with E-state index in [1.54, 1.807) is 26.1 Å². The Balaban J connectivity index is 1.55. The molecule has 2 aromatic rings. The van der Waals surface area contributed by atoms with Gasteiger partial charge in [-0.2, -0.15) is 0 Å². The summed E-state index contributed by atoms with van der Waals surface area (Å²) in [7, 11) is 0. The third-order valence-corrected chi connectivity index (χ3v) is 6.32. The summed E-state index contributed by atoms with van der Waals surface area (Å²) in [5, 5.41) is 10.0. The van der Waals surface area contributed by atoms with Gasteiger partial charge in [-0.15, -0.1) is 0 Å². The number of primary amides is 1. The molecule has 2 unspecified atom stereocenters. The number of aliphatic hydroxyl groups is 1. The standard InChI is InChI=1S/C27H36N6O5/c1-26(2,3)38-25(35)33-17-8-18(33)14-32(13-17)22-7-6-16(11-30-22)20-9-19(37-15-27(4,5)36)12-31-23(20)21(10-28)24(29)34/h6-7,9-12,17-18,36H,8,13-15,28H2,1-5H3,(H2,29,34)/b21-10+. The maximum Gasteiger partial charge on any atom is 0.410 e. The van der Waals surface area contributed by atoms with Crippen molar-refractivity contribution in [3.8, 4) is 16.9 Å². The van der Waals surface area contributed by atoms with E-state index in [9.17, 15) is 14.7 Å². The van der Waals surface area contributed by atoms with Gasteiger partial charge < -0.3 is 30.9 Å². The van der Waals surface area contributed by atoms with E-state index in [2.05, 4.69) is 14.9 Å². The normalized spacial score (nSPS) is 19.6. The average molecular weight is 525 g/mol. The number of pyridine rings is 2. The van der Waals surface area contributed by atoms with E-state index in [1.165, 1.54) is 6.20 Å². The zero-order valence-electron chi connectivity index (χ0n) is 22.5. The fourth-order valence-corrected chi connectivity index (χ4v) is 4.64. The highest BCUT2D eigenvalue weighted by atomic mass is 16.6. The quantitative estimate of drug-likeness (QED) is 0.462. The van der Waals surface area contributed by atoms with Crippen LogP contribution < -0.4 is 21.1 Å². The first kappa shape index (κ1) is 27.2. The second kappa shape index (κ2) is 10.1. The molecule has 3 aliphatic heterocycles. The monoisotopic (exact) mass is 524 g/mol. The number of hydrogen-bond acceptors (Lipinski definition) is 9. The molecule has 0 radical (unpaired) electrons. The van der Waals surface area contributed by atoms with Crippen molar-refractivity contribution in [1.82, 2.24) is 14.9 Å². The van der Waals surface area contributed by atoms with E-state index in [4.69, 9.17) is 20.9 Å². The van der Waals surface area contributed by atoms with Crippen molar-refractivity contribution < 1.29 is 24.2 Å². The van der Waals surface area contributed by atoms with Crippen LogP contribution in [0.25, 0.3) is 16.7 Å². The molecule has 3 aliphatic rings. The molecule has 0 spiro atoms. The Morgan fingerprint density at radius 1 is 1.13 bits per heavy atom. The largest absolute Gasteiger partial charge is 0.489 e. The molecule has 5 N–H and O–H groups in total. The fraction of sp³-hybridized carbons (Fsp3) is 0.481. The summed E-state index contributed by atoms with van der Waals surface area (Å²) in [6, 6.07) is 5.65. The lowest BCUT2D eigenvalue weighted by Crippen LogP contribution is -2.70. The molecule has 5 rings (SSSR count). The SMILES string of the molecule is CC(C)(O)COc1cnc(/C(=C\N)C(N)=O)c(-c2ccc(N3CC4CC(C3)N4C(=O)OC(C)(C)C)nc2)c1. The van der Waals surface area contributed by atoms with Gasteiger partial charge in [-0.3, -0.25) is 14.7 Å². The molecule has 38 heavy (non-hydrogen) atoms. The molecule has 2 amide bonds. The molecule has 0 saturated carbocycles. The number of piperazine rings is 1. The van der Waals surface area contributed by atoms with Crippen LogP contribution in [0.1, 0.15) is 46.7 Å². The summed E-state index contributed by atoms with van der Waals surface area (Å²) in [6.45, 7) is 10.2. The van der Waals surface area contributed by atoms with Gasteiger partial charge in [-0.05, 0) is 59.2 Å². The molecule has 204 valence electrons. The third kappa shape index (κ3) is 5.99. The van der Waals surface area contributed by atoms with Crippen molar-refractivity contribution in [1.29, 1.82) is 0 Å². The summed E-state index contributed by atoms with van der Waals surface area (Å²) < 4.78 is 11.3. The van der Waals surface area contributed by atoms with Crippen LogP contribution in [0.3, 0.4) is 0 Å². The molecule has 0 aliphatic carbocycles. The van der Waals surface area contributed by atoms with E-state index < -0.39 is 17.1 Å². The smallest absolute Gasteiger partial charge is 0.410 e. The van der Waals surface area contributed by atoms with Gasteiger partial charge in [0.2, 0.25) is 0 Å². The van der Waals surface area contributed by atoms with Gasteiger partial charge in [0.05, 0.1) is 35.1 Å². The summed E-state index contributed by atoms with van der Waals surface area (Å²) in [5.41, 5.74) is 11.3. The number of nitrogens with zero attached hydrogens (tertiary/aromatic N) is 4. The van der Waals surface area contributed by atoms with Crippen molar-refractivity contribution in [3.05, 3.63) is 42.5 Å². The second-order valence-electron chi connectivity index (χ2n) is 11.4. The second-order valence-corrected chi connectivity index (χ2v) is 11.4. The van der Waals surface area contributed by atoms with Crippen LogP contribution in [-0.2, 0) is 9.53 Å². The zero-order chi connectivity index (χ0) is 27.8. The van der Waals surface area contributed by atoms with Crippen LogP contribution >= 0.6 is 0 Å². The van der Waals surface area contributed by atoms with Gasteiger partial charge in [0.1, 0.15) is 23.8 Å². The highest BCUT2D eigenvalue weighted by Gasteiger charge is 2.49. The maximum atomic E-state index is 12.6. The molecule has 3 saturated heterocycles. The predicted octanol–water partition coefficient (Wildman–Crippen LogP) is 2.28. The highest BCUT2D eigenvalue weighted by Crippen LogP contribution is 2.36. The molecular formula is C27H36N6O5. The summed E-state index contributed by atoms with van der Waals surface area (Å²) in [6.07, 6.45) is 4.95. The van der Waals surface area contributed by atoms with Crippen molar-refractivity contribution in [3.63, 3.8) is 0 Å². The van der Waals surface area contributed by atoms with Gasteiger partial charge in [-0.25, -0.2) is 9.78 Å². The Hall–Kier alpha value is -3.86. The van der Waals surface area contributed by atoms with Crippen LogP contribution in [0.5, 0.6) is 5.75 Å². The van der Waals surface area contributed by atoms with Gasteiger partial charge in [0, 0.05) is 36.6 Å². The van der Waals surface area contributed by atoms with Crippen molar-refractivity contribution in [2.75, 3.05) is 24.6 Å². The van der Waals surface area contributed by atoms with Crippen LogP contribution in [0, 0.1) is 0 Å². The van der Waals surface area contributed by atoms with Crippen molar-refractivity contribution in [2.45, 2.75) is 64.3 Å². The molecule has 11 heteroatoms. The van der Waals surface area contributed by atoms with E-state index in [1.807, 2.05) is 37.8 Å². The number of ether oxygens (including phenoxy) is 2. The number of rotatable bonds is 7. The van der Waals surface area contributed by atoms with Gasteiger partial charge in [0.15, 0.2) is 0 Å². The predicted molar refractivity (Wildman–Crippen MR) is 143 cm³/mol. The lowest BCUT2D eigenvalue weighted by molar-refractivity contribution is -0.112. The summed E-state index contributed by atoms with van der Waals surface area (Å²) >= 11 is 0. The number of anilines is 1. The van der Waals surface area contributed by atoms with Gasteiger partial charge in [0.25, 0.3) is 5.91 Å². The van der Waals surface area contributed by atoms with E-state index in [0.717, 1.165) is 18.4 Å². The molecule has 2 bridgehead atoms. The van der Waals surface area contributed by atoms with Crippen LogP contribution in [0.15, 0.2) is 36.8 Å². The first-order valence-electron chi connectivity index (χ1n) is 12.6. The Kier molecular flexibility index (Phi) is 7.24. The van der Waals surface area contributed by atoms with Gasteiger partial charge in [-0.1, -0.05) is 0 Å². The minimum atomic E-state index is -1.04. The highest BCUT2D eigenvalue weighted by molar-refractivity contribution is 6.19. The van der Waals surface area contributed by atoms with Crippen LogP contribution in [0.2, 0.25) is 0 Å². The topological polar surface area (TPSA) is 157 Å². The number of hydrogen-bond donors (Lipinski definition) is 3. The lowest BCUT2D eigenvalue weighted by Gasteiger charge is -2.56. The first-order chi connectivity index (χ1) is 17.8. The lowest BCUT2D eigenvalue weighted by atomic mass is 9.88. The van der Waals surface area contributed by atoms with Crippen molar-refractivity contribution >= 4 is 23.4 Å². The third-order valence-electron chi connectivity index (χ3n) is 6.32. The van der Waals surface area contributed by atoms with Crippen LogP contribution in [0.4, 0.5) is 10.6 Å². The van der Waals surface area contributed by atoms with E-state index >= 15 is 0 Å². The summed E-state index contributed by atoms with van der Waals surface area (Å²) in [5.74, 6) is 0.480. The minimum Gasteiger partial charge on any atom is -0.489 e. The molecule has 2 atom stereocenters. The van der Waals surface area contributed by atoms with E-state index in [0.29, 0.717) is 35.7 Å². The van der Waals surface area contributed by atoms with E-state index in [-0.39, 0.29) is 30.4 Å². The molecule has 11 nitrogen and oxygen atoms in total. The number of aromatic nitrogens is 2. The number of amides is 2. The van der Waals surface area contributed by atoms with Crippen LogP contribution in [-0.4, -0.2) is 75.0 Å². The zero-order valence-corrected chi connectivity index (χ0v) is 22.5. The minimum absolute atomic E-state index is 0.0532. The fourth-order valence-electron chi connectivity index (χ4n) is 4.64. The van der Waals surface area contributed by atoms with Crippen molar-refractivity contribution in [2.24, 2.45) is 11.5 Å².